The van der Waals surface area contributed by atoms with Crippen LogP contribution in [0.5, 0.6) is 0 Å². The molecule has 4 N–H and O–H groups in total. The molecule has 102 valence electrons. The molecule has 1 aromatic carbocycles. The highest BCUT2D eigenvalue weighted by Gasteiger charge is 2.29. The second-order valence-electron chi connectivity index (χ2n) is 3.28. The second-order valence-corrected chi connectivity index (χ2v) is 4.78. The molecule has 0 aliphatic heterocycles. The SMILES string of the molecule is Nc1ccc(F)c(NS(=O)(=O)NCC(F)(F)F)c1. The van der Waals surface area contributed by atoms with Crippen molar-refractivity contribution in [2.45, 2.75) is 6.18 Å². The molecule has 0 atom stereocenters. The fourth-order valence-corrected chi connectivity index (χ4v) is 1.85. The number of halogens is 4. The number of alkyl halides is 3. The van der Waals surface area contributed by atoms with Gasteiger partial charge in [0.2, 0.25) is 0 Å². The van der Waals surface area contributed by atoms with Crippen molar-refractivity contribution in [1.29, 1.82) is 0 Å². The van der Waals surface area contributed by atoms with Gasteiger partial charge in [0, 0.05) is 5.69 Å². The van der Waals surface area contributed by atoms with Gasteiger partial charge in [-0.05, 0) is 18.2 Å². The molecule has 0 bridgehead atoms. The van der Waals surface area contributed by atoms with Crippen LogP contribution in [0.4, 0.5) is 28.9 Å². The average Bonchev–Trinajstić information content (AvgIpc) is 2.20. The number of hydrogen-bond acceptors (Lipinski definition) is 3. The zero-order valence-corrected chi connectivity index (χ0v) is 9.57. The summed E-state index contributed by atoms with van der Waals surface area (Å²) in [5, 5.41) is 0. The molecule has 0 spiro atoms. The molecular weight excluding hydrogens is 278 g/mol. The molecule has 0 heterocycles. The lowest BCUT2D eigenvalue weighted by atomic mass is 10.3. The first-order valence-corrected chi connectivity index (χ1v) is 5.96. The third-order valence-corrected chi connectivity index (χ3v) is 2.71. The van der Waals surface area contributed by atoms with Crippen LogP contribution in [0.1, 0.15) is 0 Å². The van der Waals surface area contributed by atoms with E-state index in [1.165, 1.54) is 10.8 Å². The van der Waals surface area contributed by atoms with E-state index in [1.54, 1.807) is 4.72 Å². The van der Waals surface area contributed by atoms with Crippen LogP contribution in [-0.4, -0.2) is 21.1 Å². The van der Waals surface area contributed by atoms with Crippen LogP contribution >= 0.6 is 0 Å². The predicted molar refractivity (Wildman–Crippen MR) is 57.4 cm³/mol. The molecule has 10 heteroatoms. The number of nitrogens with two attached hydrogens (primary N) is 1. The normalized spacial score (nSPS) is 12.4. The summed E-state index contributed by atoms with van der Waals surface area (Å²) < 4.78 is 73.8. The van der Waals surface area contributed by atoms with E-state index in [0.29, 0.717) is 0 Å². The Labute approximate surface area is 100 Å². The summed E-state index contributed by atoms with van der Waals surface area (Å²) in [6.07, 6.45) is -4.71. The Balaban J connectivity index is 2.80. The second kappa shape index (κ2) is 4.98. The Bertz CT molecular complexity index is 530. The Hall–Kier alpha value is -1.55. The van der Waals surface area contributed by atoms with E-state index in [4.69, 9.17) is 5.73 Å². The Morgan fingerprint density at radius 1 is 1.28 bits per heavy atom. The number of hydrogen-bond donors (Lipinski definition) is 3. The van der Waals surface area contributed by atoms with Crippen molar-refractivity contribution < 1.29 is 26.0 Å². The molecule has 0 saturated heterocycles. The number of benzene rings is 1. The molecule has 0 aromatic heterocycles. The highest BCUT2D eigenvalue weighted by Crippen LogP contribution is 2.19. The minimum atomic E-state index is -4.71. The maximum absolute atomic E-state index is 13.1. The van der Waals surface area contributed by atoms with Gasteiger partial charge in [-0.2, -0.15) is 26.3 Å². The van der Waals surface area contributed by atoms with Gasteiger partial charge < -0.3 is 5.73 Å². The van der Waals surface area contributed by atoms with Gasteiger partial charge in [0.05, 0.1) is 5.69 Å². The van der Waals surface area contributed by atoms with E-state index in [1.807, 2.05) is 0 Å². The van der Waals surface area contributed by atoms with Gasteiger partial charge in [0.1, 0.15) is 12.4 Å². The third-order valence-electron chi connectivity index (χ3n) is 1.70. The van der Waals surface area contributed by atoms with Gasteiger partial charge in [-0.3, -0.25) is 4.72 Å². The third kappa shape index (κ3) is 4.75. The van der Waals surface area contributed by atoms with Gasteiger partial charge in [-0.25, -0.2) is 4.39 Å². The van der Waals surface area contributed by atoms with Crippen LogP contribution in [0, 0.1) is 5.82 Å². The fourth-order valence-electron chi connectivity index (χ4n) is 0.979. The van der Waals surface area contributed by atoms with E-state index >= 15 is 0 Å². The van der Waals surface area contributed by atoms with Gasteiger partial charge in [-0.15, -0.1) is 0 Å². The van der Waals surface area contributed by atoms with Crippen LogP contribution in [0.3, 0.4) is 0 Å². The summed E-state index contributed by atoms with van der Waals surface area (Å²) in [4.78, 5) is 0. The summed E-state index contributed by atoms with van der Waals surface area (Å²) in [5.74, 6) is -0.957. The molecule has 0 saturated carbocycles. The van der Waals surface area contributed by atoms with Crippen LogP contribution < -0.4 is 15.2 Å². The highest BCUT2D eigenvalue weighted by atomic mass is 32.2. The Kier molecular flexibility index (Phi) is 4.02. The molecule has 5 nitrogen and oxygen atoms in total. The van der Waals surface area contributed by atoms with Gasteiger partial charge in [0.15, 0.2) is 0 Å². The van der Waals surface area contributed by atoms with E-state index < -0.39 is 34.4 Å². The van der Waals surface area contributed by atoms with Crippen LogP contribution in [0.2, 0.25) is 0 Å². The summed E-state index contributed by atoms with van der Waals surface area (Å²) >= 11 is 0. The van der Waals surface area contributed by atoms with Crippen molar-refractivity contribution >= 4 is 21.6 Å². The molecule has 0 unspecified atom stereocenters. The summed E-state index contributed by atoms with van der Waals surface area (Å²) in [6, 6.07) is 3.01. The minimum absolute atomic E-state index is 0.0601. The topological polar surface area (TPSA) is 84.2 Å². The summed E-state index contributed by atoms with van der Waals surface area (Å²) in [7, 11) is -4.52. The highest BCUT2D eigenvalue weighted by molar-refractivity contribution is 7.90. The van der Waals surface area contributed by atoms with Gasteiger partial charge in [0.25, 0.3) is 10.2 Å². The zero-order chi connectivity index (χ0) is 14.0. The standard InChI is InChI=1S/C8H9F4N3O2S/c9-6-2-1-5(13)3-7(6)15-18(16,17)14-4-8(10,11)12/h1-3,14-15H,4,13H2. The molecule has 0 aliphatic carbocycles. The van der Waals surface area contributed by atoms with Crippen LogP contribution in [0.25, 0.3) is 0 Å². The number of rotatable bonds is 4. The van der Waals surface area contributed by atoms with Crippen LogP contribution in [0.15, 0.2) is 18.2 Å². The van der Waals surface area contributed by atoms with Crippen molar-refractivity contribution in [3.63, 3.8) is 0 Å². The molecule has 0 fully saturated rings. The summed E-state index contributed by atoms with van der Waals surface area (Å²) in [6.45, 7) is -1.76. The number of nitrogen functional groups attached to an aromatic ring is 1. The summed E-state index contributed by atoms with van der Waals surface area (Å²) in [5.41, 5.74) is 4.81. The van der Waals surface area contributed by atoms with Crippen molar-refractivity contribution in [1.82, 2.24) is 4.72 Å². The Morgan fingerprint density at radius 3 is 2.44 bits per heavy atom. The maximum atomic E-state index is 13.1. The molecule has 18 heavy (non-hydrogen) atoms. The molecule has 1 rings (SSSR count). The van der Waals surface area contributed by atoms with Crippen molar-refractivity contribution in [3.05, 3.63) is 24.0 Å². The van der Waals surface area contributed by atoms with E-state index in [0.717, 1.165) is 12.1 Å². The molecular formula is C8H9F4N3O2S. The number of nitrogens with one attached hydrogen (secondary N) is 2. The maximum Gasteiger partial charge on any atom is 0.402 e. The van der Waals surface area contributed by atoms with Crippen molar-refractivity contribution in [2.24, 2.45) is 0 Å². The lowest BCUT2D eigenvalue weighted by Gasteiger charge is -2.11. The molecule has 1 aromatic rings. The monoisotopic (exact) mass is 287 g/mol. The van der Waals surface area contributed by atoms with E-state index in [-0.39, 0.29) is 5.69 Å². The first-order chi connectivity index (χ1) is 8.09. The minimum Gasteiger partial charge on any atom is -0.399 e. The van der Waals surface area contributed by atoms with Crippen molar-refractivity contribution in [2.75, 3.05) is 17.0 Å². The van der Waals surface area contributed by atoms with E-state index in [2.05, 4.69) is 0 Å². The van der Waals surface area contributed by atoms with Gasteiger partial charge in [-0.1, -0.05) is 0 Å². The molecule has 0 radical (unpaired) electrons. The van der Waals surface area contributed by atoms with Crippen LogP contribution in [-0.2, 0) is 10.2 Å². The average molecular weight is 287 g/mol. The first kappa shape index (κ1) is 14.5. The predicted octanol–water partition coefficient (Wildman–Crippen LogP) is 1.22. The first-order valence-electron chi connectivity index (χ1n) is 4.48. The van der Waals surface area contributed by atoms with Crippen molar-refractivity contribution in [3.8, 4) is 0 Å². The lowest BCUT2D eigenvalue weighted by Crippen LogP contribution is -2.37. The number of anilines is 2. The molecule has 0 amide bonds. The smallest absolute Gasteiger partial charge is 0.399 e. The zero-order valence-electron chi connectivity index (χ0n) is 8.75. The molecule has 0 aliphatic rings. The largest absolute Gasteiger partial charge is 0.402 e. The van der Waals surface area contributed by atoms with E-state index in [9.17, 15) is 26.0 Å². The quantitative estimate of drug-likeness (QED) is 0.575. The Morgan fingerprint density at radius 2 is 1.89 bits per heavy atom. The van der Waals surface area contributed by atoms with Gasteiger partial charge >= 0.3 is 6.18 Å². The lowest BCUT2D eigenvalue weighted by molar-refractivity contribution is -0.121. The fraction of sp³-hybridized carbons (Fsp3) is 0.250.